The van der Waals surface area contributed by atoms with E-state index < -0.39 is 5.97 Å². The van der Waals surface area contributed by atoms with Crippen LogP contribution in [-0.4, -0.2) is 38.5 Å². The number of carboxylic acid groups (broad SMARTS) is 1. The lowest BCUT2D eigenvalue weighted by Gasteiger charge is -2.25. The Morgan fingerprint density at radius 3 is 2.10 bits per heavy atom. The van der Waals surface area contributed by atoms with Crippen molar-refractivity contribution in [2.75, 3.05) is 21.3 Å². The molecular weight excluding hydrogens is 386 g/mol. The minimum atomic E-state index is -0.962. The largest absolute Gasteiger partial charge is 0.493 e. The van der Waals surface area contributed by atoms with Crippen molar-refractivity contribution in [3.8, 4) is 17.2 Å². The Kier molecular flexibility index (Phi) is 8.95. The first-order chi connectivity index (χ1) is 14.4. The molecule has 2 unspecified atom stereocenters. The third-order valence-corrected chi connectivity index (χ3v) is 4.97. The molecule has 164 valence electrons. The minimum Gasteiger partial charge on any atom is -0.493 e. The molecule has 0 radical (unpaired) electrons. The molecule has 0 aliphatic rings. The zero-order chi connectivity index (χ0) is 22.1. The topological polar surface area (TPSA) is 100 Å². The number of hydrogen-bond donors (Lipinski definition) is 2. The summed E-state index contributed by atoms with van der Waals surface area (Å²) in [4.78, 5) is 11.1. The van der Waals surface area contributed by atoms with Crippen molar-refractivity contribution in [3.63, 3.8) is 0 Å². The summed E-state index contributed by atoms with van der Waals surface area (Å²) in [5, 5.41) is 9.09. The number of rotatable bonds is 12. The number of nitrogens with two attached hydrogens (primary N) is 1. The molecule has 0 heterocycles. The van der Waals surface area contributed by atoms with Crippen LogP contribution in [0.2, 0.25) is 0 Å². The number of benzene rings is 2. The smallest absolute Gasteiger partial charge is 0.335 e. The molecule has 2 aromatic rings. The van der Waals surface area contributed by atoms with Crippen molar-refractivity contribution in [2.24, 2.45) is 5.73 Å². The zero-order valence-electron chi connectivity index (χ0n) is 18.0. The van der Waals surface area contributed by atoms with E-state index >= 15 is 0 Å². The minimum absolute atomic E-state index is 0.222. The first-order valence-electron chi connectivity index (χ1n) is 9.94. The third-order valence-electron chi connectivity index (χ3n) is 4.97. The standard InChI is InChI=1S/C23H31NO6/c1-5-6-7-18(21(24)16-8-10-17(11-9-16)23(25)26)30-14-15-12-19(27-2)22(29-4)20(13-15)28-3/h8-13,18,21H,5-7,14,24H2,1-4H3,(H,25,26). The van der Waals surface area contributed by atoms with E-state index in [9.17, 15) is 4.79 Å². The maximum atomic E-state index is 11.1. The van der Waals surface area contributed by atoms with E-state index in [1.807, 2.05) is 12.1 Å². The summed E-state index contributed by atoms with van der Waals surface area (Å²) in [6.07, 6.45) is 2.57. The van der Waals surface area contributed by atoms with Crippen LogP contribution in [0.15, 0.2) is 36.4 Å². The fraction of sp³-hybridized carbons (Fsp3) is 0.435. The van der Waals surface area contributed by atoms with E-state index in [-0.39, 0.29) is 17.7 Å². The predicted octanol–water partition coefficient (Wildman–Crippen LogP) is 4.19. The van der Waals surface area contributed by atoms with Gasteiger partial charge >= 0.3 is 5.97 Å². The van der Waals surface area contributed by atoms with E-state index in [2.05, 4.69) is 6.92 Å². The van der Waals surface area contributed by atoms with Gasteiger partial charge < -0.3 is 29.8 Å². The Hall–Kier alpha value is -2.77. The maximum Gasteiger partial charge on any atom is 0.335 e. The van der Waals surface area contributed by atoms with E-state index in [0.717, 1.165) is 30.4 Å². The van der Waals surface area contributed by atoms with Crippen LogP contribution in [0.4, 0.5) is 0 Å². The summed E-state index contributed by atoms with van der Waals surface area (Å²) in [5.41, 5.74) is 8.43. The van der Waals surface area contributed by atoms with Gasteiger partial charge in [0.25, 0.3) is 0 Å². The SMILES string of the molecule is CCCCC(OCc1cc(OC)c(OC)c(OC)c1)C(N)c1ccc(C(=O)O)cc1. The average molecular weight is 418 g/mol. The second-order valence-corrected chi connectivity index (χ2v) is 6.98. The van der Waals surface area contributed by atoms with Crippen molar-refractivity contribution in [1.29, 1.82) is 0 Å². The summed E-state index contributed by atoms with van der Waals surface area (Å²) in [6.45, 7) is 2.44. The molecule has 0 bridgehead atoms. The lowest BCUT2D eigenvalue weighted by atomic mass is 9.97. The molecule has 2 rings (SSSR count). The Balaban J connectivity index is 2.19. The second-order valence-electron chi connectivity index (χ2n) is 6.98. The van der Waals surface area contributed by atoms with Crippen LogP contribution in [0.3, 0.4) is 0 Å². The number of aromatic carboxylic acids is 1. The van der Waals surface area contributed by atoms with E-state index in [0.29, 0.717) is 23.9 Å². The van der Waals surface area contributed by atoms with Gasteiger partial charge in [-0.1, -0.05) is 31.9 Å². The number of ether oxygens (including phenoxy) is 4. The van der Waals surface area contributed by atoms with Crippen LogP contribution in [0, 0.1) is 0 Å². The number of methoxy groups -OCH3 is 3. The fourth-order valence-electron chi connectivity index (χ4n) is 3.26. The molecule has 0 fully saturated rings. The number of carbonyl (C=O) groups is 1. The summed E-state index contributed by atoms with van der Waals surface area (Å²) in [7, 11) is 4.71. The highest BCUT2D eigenvalue weighted by molar-refractivity contribution is 5.87. The molecule has 0 saturated carbocycles. The van der Waals surface area contributed by atoms with E-state index in [4.69, 9.17) is 29.8 Å². The van der Waals surface area contributed by atoms with Crippen molar-refractivity contribution in [1.82, 2.24) is 0 Å². The monoisotopic (exact) mass is 417 g/mol. The lowest BCUT2D eigenvalue weighted by Crippen LogP contribution is -2.29. The highest BCUT2D eigenvalue weighted by Gasteiger charge is 2.21. The molecule has 30 heavy (non-hydrogen) atoms. The molecule has 2 aromatic carbocycles. The van der Waals surface area contributed by atoms with Gasteiger partial charge in [0, 0.05) is 0 Å². The van der Waals surface area contributed by atoms with Gasteiger partial charge in [-0.25, -0.2) is 4.79 Å². The molecule has 3 N–H and O–H groups in total. The van der Waals surface area contributed by atoms with E-state index in [1.54, 1.807) is 45.6 Å². The van der Waals surface area contributed by atoms with Crippen molar-refractivity contribution in [2.45, 2.75) is 44.9 Å². The van der Waals surface area contributed by atoms with Crippen molar-refractivity contribution >= 4 is 5.97 Å². The van der Waals surface area contributed by atoms with Gasteiger partial charge in [0.05, 0.1) is 45.6 Å². The Labute approximate surface area is 177 Å². The summed E-state index contributed by atoms with van der Waals surface area (Å²) in [5.74, 6) is 0.695. The van der Waals surface area contributed by atoms with E-state index in [1.165, 1.54) is 0 Å². The van der Waals surface area contributed by atoms with Crippen LogP contribution >= 0.6 is 0 Å². The average Bonchev–Trinajstić information content (AvgIpc) is 2.77. The molecule has 2 atom stereocenters. The van der Waals surface area contributed by atoms with Gasteiger partial charge in [-0.3, -0.25) is 0 Å². The quantitative estimate of drug-likeness (QED) is 0.534. The van der Waals surface area contributed by atoms with Crippen molar-refractivity contribution in [3.05, 3.63) is 53.1 Å². The van der Waals surface area contributed by atoms with Gasteiger partial charge in [0.15, 0.2) is 11.5 Å². The summed E-state index contributed by atoms with van der Waals surface area (Å²) < 4.78 is 22.4. The maximum absolute atomic E-state index is 11.1. The zero-order valence-corrected chi connectivity index (χ0v) is 18.0. The Morgan fingerprint density at radius 2 is 1.63 bits per heavy atom. The van der Waals surface area contributed by atoms with Gasteiger partial charge in [0.2, 0.25) is 5.75 Å². The normalized spacial score (nSPS) is 12.8. The molecule has 0 saturated heterocycles. The Bertz CT molecular complexity index is 796. The fourth-order valence-corrected chi connectivity index (χ4v) is 3.26. The van der Waals surface area contributed by atoms with Crippen LogP contribution < -0.4 is 19.9 Å². The van der Waals surface area contributed by atoms with Crippen LogP contribution in [0.25, 0.3) is 0 Å². The van der Waals surface area contributed by atoms with Gasteiger partial charge in [-0.05, 0) is 41.8 Å². The predicted molar refractivity (Wildman–Crippen MR) is 115 cm³/mol. The third kappa shape index (κ3) is 5.87. The number of carboxylic acids is 1. The first-order valence-corrected chi connectivity index (χ1v) is 9.94. The molecule has 0 spiro atoms. The molecule has 0 aliphatic heterocycles. The lowest BCUT2D eigenvalue weighted by molar-refractivity contribution is 0.0160. The molecular formula is C23H31NO6. The van der Waals surface area contributed by atoms with Crippen LogP contribution in [-0.2, 0) is 11.3 Å². The molecule has 7 nitrogen and oxygen atoms in total. The first kappa shape index (κ1) is 23.5. The highest BCUT2D eigenvalue weighted by Crippen LogP contribution is 2.38. The molecule has 0 aromatic heterocycles. The number of hydrogen-bond acceptors (Lipinski definition) is 6. The van der Waals surface area contributed by atoms with Gasteiger partial charge in [-0.15, -0.1) is 0 Å². The molecule has 0 amide bonds. The molecule has 0 aliphatic carbocycles. The molecule has 7 heteroatoms. The highest BCUT2D eigenvalue weighted by atomic mass is 16.5. The van der Waals surface area contributed by atoms with Gasteiger partial charge in [-0.2, -0.15) is 0 Å². The number of unbranched alkanes of at least 4 members (excludes halogenated alkanes) is 1. The summed E-state index contributed by atoms with van der Waals surface area (Å²) >= 11 is 0. The Morgan fingerprint density at radius 1 is 1.03 bits per heavy atom. The van der Waals surface area contributed by atoms with Crippen LogP contribution in [0.1, 0.15) is 53.7 Å². The van der Waals surface area contributed by atoms with Crippen molar-refractivity contribution < 1.29 is 28.8 Å². The summed E-state index contributed by atoms with van der Waals surface area (Å²) in [6, 6.07) is 9.95. The second kappa shape index (κ2) is 11.4. The van der Waals surface area contributed by atoms with Gasteiger partial charge in [0.1, 0.15) is 0 Å². The van der Waals surface area contributed by atoms with Crippen LogP contribution in [0.5, 0.6) is 17.2 Å².